The largest absolute Gasteiger partial charge is 0.317 e. The molecule has 2 heteroatoms. The molecule has 2 aliphatic rings. The normalized spacial score (nSPS) is 35.4. The molecule has 1 heterocycles. The van der Waals surface area contributed by atoms with E-state index in [1.807, 2.05) is 0 Å². The quantitative estimate of drug-likeness (QED) is 0.793. The minimum Gasteiger partial charge on any atom is -0.317 e. The first-order valence-electron chi connectivity index (χ1n) is 7.04. The number of nitrogens with zero attached hydrogens (tertiary/aromatic N) is 1. The maximum absolute atomic E-state index is 3.43. The Kier molecular flexibility index (Phi) is 3.91. The molecule has 1 N–H and O–H groups in total. The highest BCUT2D eigenvalue weighted by atomic mass is 15.2. The van der Waals surface area contributed by atoms with Crippen LogP contribution in [0, 0.1) is 5.41 Å². The number of likely N-dealkylation sites (tertiary alicyclic amines) is 1. The lowest BCUT2D eigenvalue weighted by Crippen LogP contribution is -2.49. The molecule has 1 saturated carbocycles. The third-order valence-corrected chi connectivity index (χ3v) is 4.82. The maximum atomic E-state index is 3.43. The molecule has 16 heavy (non-hydrogen) atoms. The van der Waals surface area contributed by atoms with E-state index in [1.54, 1.807) is 0 Å². The highest BCUT2D eigenvalue weighted by Gasteiger charge is 2.34. The molecule has 2 nitrogen and oxygen atoms in total. The van der Waals surface area contributed by atoms with Gasteiger partial charge in [-0.2, -0.15) is 0 Å². The third-order valence-electron chi connectivity index (χ3n) is 4.82. The molecule has 0 amide bonds. The van der Waals surface area contributed by atoms with Gasteiger partial charge in [-0.1, -0.05) is 19.8 Å². The van der Waals surface area contributed by atoms with E-state index in [9.17, 15) is 0 Å². The molecule has 0 spiro atoms. The summed E-state index contributed by atoms with van der Waals surface area (Å²) in [7, 11) is 2.10. The number of nitrogens with one attached hydrogen (secondary N) is 1. The third kappa shape index (κ3) is 2.78. The second-order valence-corrected chi connectivity index (χ2v) is 6.35. The van der Waals surface area contributed by atoms with Crippen molar-refractivity contribution in [3.63, 3.8) is 0 Å². The van der Waals surface area contributed by atoms with Crippen molar-refractivity contribution in [3.05, 3.63) is 0 Å². The van der Waals surface area contributed by atoms with Crippen molar-refractivity contribution in [1.29, 1.82) is 0 Å². The van der Waals surface area contributed by atoms with Gasteiger partial charge in [0.1, 0.15) is 0 Å². The molecule has 2 atom stereocenters. The van der Waals surface area contributed by atoms with Crippen LogP contribution in [0.2, 0.25) is 0 Å². The minimum absolute atomic E-state index is 0.626. The van der Waals surface area contributed by atoms with Gasteiger partial charge in [-0.05, 0) is 51.6 Å². The molecule has 0 aromatic rings. The summed E-state index contributed by atoms with van der Waals surface area (Å²) < 4.78 is 0. The average Bonchev–Trinajstić information content (AvgIpc) is 2.68. The predicted octanol–water partition coefficient (Wildman–Crippen LogP) is 2.64. The minimum atomic E-state index is 0.626. The second kappa shape index (κ2) is 5.05. The number of piperidine rings is 1. The van der Waals surface area contributed by atoms with Gasteiger partial charge in [-0.15, -0.1) is 0 Å². The number of rotatable bonds is 3. The maximum Gasteiger partial charge on any atom is 0.00910 e. The lowest BCUT2D eigenvalue weighted by atomic mass is 9.86. The smallest absolute Gasteiger partial charge is 0.00910 e. The molecule has 0 aromatic carbocycles. The highest BCUT2D eigenvalue weighted by Crippen LogP contribution is 2.39. The van der Waals surface area contributed by atoms with E-state index >= 15 is 0 Å². The fourth-order valence-corrected chi connectivity index (χ4v) is 3.59. The fraction of sp³-hybridized carbons (Fsp3) is 1.00. The molecule has 0 aromatic heterocycles. The van der Waals surface area contributed by atoms with Gasteiger partial charge >= 0.3 is 0 Å². The van der Waals surface area contributed by atoms with Crippen LogP contribution >= 0.6 is 0 Å². The average molecular weight is 224 g/mol. The van der Waals surface area contributed by atoms with Crippen LogP contribution in [0.5, 0.6) is 0 Å². The zero-order valence-corrected chi connectivity index (χ0v) is 11.3. The van der Waals surface area contributed by atoms with Crippen molar-refractivity contribution >= 4 is 0 Å². The summed E-state index contributed by atoms with van der Waals surface area (Å²) in [4.78, 5) is 2.74. The molecule has 1 aliphatic carbocycles. The predicted molar refractivity (Wildman–Crippen MR) is 69.7 cm³/mol. The Hall–Kier alpha value is -0.0800. The Bertz CT molecular complexity index is 221. The van der Waals surface area contributed by atoms with Gasteiger partial charge in [0.15, 0.2) is 0 Å². The van der Waals surface area contributed by atoms with E-state index in [0.29, 0.717) is 5.41 Å². The van der Waals surface area contributed by atoms with E-state index in [2.05, 4.69) is 31.1 Å². The van der Waals surface area contributed by atoms with E-state index in [0.717, 1.165) is 12.1 Å². The Morgan fingerprint density at radius 1 is 1.31 bits per heavy atom. The van der Waals surface area contributed by atoms with Gasteiger partial charge in [0.05, 0.1) is 0 Å². The summed E-state index contributed by atoms with van der Waals surface area (Å²) in [5.41, 5.74) is 0.626. The van der Waals surface area contributed by atoms with E-state index in [-0.39, 0.29) is 0 Å². The van der Waals surface area contributed by atoms with E-state index < -0.39 is 0 Å². The fourth-order valence-electron chi connectivity index (χ4n) is 3.59. The zero-order valence-electron chi connectivity index (χ0n) is 11.3. The van der Waals surface area contributed by atoms with Crippen LogP contribution in [0.3, 0.4) is 0 Å². The first-order valence-corrected chi connectivity index (χ1v) is 7.04. The van der Waals surface area contributed by atoms with Crippen molar-refractivity contribution in [1.82, 2.24) is 10.2 Å². The zero-order chi connectivity index (χ0) is 11.6. The summed E-state index contributed by atoms with van der Waals surface area (Å²) >= 11 is 0. The van der Waals surface area contributed by atoms with Crippen molar-refractivity contribution in [3.8, 4) is 0 Å². The SMILES string of the molecule is CNC1CCN(CC2(C)CCCC2)C(C)C1. The van der Waals surface area contributed by atoms with Crippen LogP contribution in [-0.4, -0.2) is 37.1 Å². The Labute approximate surface area is 101 Å². The van der Waals surface area contributed by atoms with Crippen molar-refractivity contribution in [2.45, 2.75) is 64.5 Å². The summed E-state index contributed by atoms with van der Waals surface area (Å²) in [6.07, 6.45) is 8.47. The molecule has 2 fully saturated rings. The molecule has 0 bridgehead atoms. The lowest BCUT2D eigenvalue weighted by molar-refractivity contribution is 0.0864. The molecule has 1 saturated heterocycles. The first kappa shape index (κ1) is 12.4. The van der Waals surface area contributed by atoms with E-state index in [4.69, 9.17) is 0 Å². The van der Waals surface area contributed by atoms with Gasteiger partial charge in [-0.25, -0.2) is 0 Å². The van der Waals surface area contributed by atoms with Crippen molar-refractivity contribution in [2.75, 3.05) is 20.1 Å². The van der Waals surface area contributed by atoms with Crippen LogP contribution in [-0.2, 0) is 0 Å². The Balaban J connectivity index is 1.86. The van der Waals surface area contributed by atoms with Gasteiger partial charge in [-0.3, -0.25) is 0 Å². The number of hydrogen-bond acceptors (Lipinski definition) is 2. The molecule has 0 radical (unpaired) electrons. The molecular formula is C14H28N2. The standard InChI is InChI=1S/C14H28N2/c1-12-10-13(15-3)6-9-16(12)11-14(2)7-4-5-8-14/h12-13,15H,4-11H2,1-3H3. The lowest BCUT2D eigenvalue weighted by Gasteiger charge is -2.41. The van der Waals surface area contributed by atoms with Crippen molar-refractivity contribution in [2.24, 2.45) is 5.41 Å². The van der Waals surface area contributed by atoms with Crippen LogP contribution in [0.1, 0.15) is 52.4 Å². The first-order chi connectivity index (χ1) is 7.63. The van der Waals surface area contributed by atoms with Gasteiger partial charge in [0, 0.05) is 18.6 Å². The summed E-state index contributed by atoms with van der Waals surface area (Å²) in [6, 6.07) is 1.52. The summed E-state index contributed by atoms with van der Waals surface area (Å²) in [6.45, 7) is 7.53. The Morgan fingerprint density at radius 3 is 2.56 bits per heavy atom. The van der Waals surface area contributed by atoms with Crippen molar-refractivity contribution < 1.29 is 0 Å². The van der Waals surface area contributed by atoms with Crippen LogP contribution in [0.4, 0.5) is 0 Å². The van der Waals surface area contributed by atoms with Gasteiger partial charge in [0.25, 0.3) is 0 Å². The molecule has 2 rings (SSSR count). The highest BCUT2D eigenvalue weighted by molar-refractivity contribution is 4.89. The van der Waals surface area contributed by atoms with Crippen LogP contribution in [0.15, 0.2) is 0 Å². The van der Waals surface area contributed by atoms with Crippen LogP contribution in [0.25, 0.3) is 0 Å². The monoisotopic (exact) mass is 224 g/mol. The topological polar surface area (TPSA) is 15.3 Å². The second-order valence-electron chi connectivity index (χ2n) is 6.35. The molecule has 2 unspecified atom stereocenters. The van der Waals surface area contributed by atoms with Gasteiger partial charge < -0.3 is 10.2 Å². The molecule has 1 aliphatic heterocycles. The van der Waals surface area contributed by atoms with Crippen LogP contribution < -0.4 is 5.32 Å². The molecular weight excluding hydrogens is 196 g/mol. The van der Waals surface area contributed by atoms with Gasteiger partial charge in [0.2, 0.25) is 0 Å². The number of hydrogen-bond donors (Lipinski definition) is 1. The summed E-state index contributed by atoms with van der Waals surface area (Å²) in [5, 5.41) is 3.43. The van der Waals surface area contributed by atoms with E-state index in [1.165, 1.54) is 51.6 Å². The Morgan fingerprint density at radius 2 is 2.00 bits per heavy atom. The summed E-state index contributed by atoms with van der Waals surface area (Å²) in [5.74, 6) is 0. The molecule has 94 valence electrons.